The van der Waals surface area contributed by atoms with Gasteiger partial charge in [-0.2, -0.15) is 0 Å². The van der Waals surface area contributed by atoms with Gasteiger partial charge in [0.2, 0.25) is 0 Å². The van der Waals surface area contributed by atoms with Gasteiger partial charge in [-0.25, -0.2) is 4.79 Å². The third-order valence-electron chi connectivity index (χ3n) is 3.57. The lowest BCUT2D eigenvalue weighted by Crippen LogP contribution is -2.31. The first kappa shape index (κ1) is 16.4. The molecule has 0 atom stereocenters. The van der Waals surface area contributed by atoms with Crippen LogP contribution in [0.2, 0.25) is 0 Å². The summed E-state index contributed by atoms with van der Waals surface area (Å²) in [5, 5.41) is 4.21. The Morgan fingerprint density at radius 2 is 1.64 bits per heavy atom. The smallest absolute Gasteiger partial charge is 0.328 e. The Morgan fingerprint density at radius 1 is 0.960 bits per heavy atom. The summed E-state index contributed by atoms with van der Waals surface area (Å²) in [5.74, 6) is 0. The third kappa shape index (κ3) is 4.54. The number of aromatic nitrogens is 2. The quantitative estimate of drug-likeness (QED) is 0.554. The Bertz CT molecular complexity index is 960. The summed E-state index contributed by atoms with van der Waals surface area (Å²) in [5.41, 5.74) is 1.51. The maximum Gasteiger partial charge on any atom is 0.328 e. The molecule has 0 amide bonds. The number of nitrogens with zero attached hydrogens (tertiary/aromatic N) is 2. The van der Waals surface area contributed by atoms with E-state index in [-0.39, 0.29) is 6.54 Å². The van der Waals surface area contributed by atoms with E-state index in [1.165, 1.54) is 16.8 Å². The fraction of sp³-hybridized carbons (Fsp3) is 0.105. The molecule has 0 saturated carbocycles. The number of benzene rings is 2. The molecule has 0 radical (unpaired) electrons. The van der Waals surface area contributed by atoms with Crippen LogP contribution in [0.1, 0.15) is 11.1 Å². The molecule has 0 fully saturated rings. The summed E-state index contributed by atoms with van der Waals surface area (Å²) in [6, 6.07) is 20.4. The molecule has 3 aromatic rings. The van der Waals surface area contributed by atoms with Gasteiger partial charge < -0.3 is 4.84 Å². The van der Waals surface area contributed by atoms with Gasteiger partial charge in [-0.3, -0.25) is 14.3 Å². The first-order valence-corrected chi connectivity index (χ1v) is 7.80. The maximum absolute atomic E-state index is 11.9. The predicted molar refractivity (Wildman–Crippen MR) is 95.5 cm³/mol. The largest absolute Gasteiger partial charge is 0.391 e. The molecule has 2 aromatic carbocycles. The summed E-state index contributed by atoms with van der Waals surface area (Å²) < 4.78 is 1.37. The zero-order chi connectivity index (χ0) is 17.5. The minimum Gasteiger partial charge on any atom is -0.391 e. The van der Waals surface area contributed by atoms with E-state index in [1.807, 2.05) is 60.7 Å². The minimum absolute atomic E-state index is 0.189. The minimum atomic E-state index is -0.487. The lowest BCUT2D eigenvalue weighted by Gasteiger charge is -2.09. The van der Waals surface area contributed by atoms with Gasteiger partial charge in [0.1, 0.15) is 12.3 Å². The van der Waals surface area contributed by atoms with Crippen LogP contribution in [-0.2, 0) is 18.0 Å². The van der Waals surface area contributed by atoms with Crippen molar-refractivity contribution in [3.8, 4) is 0 Å². The highest BCUT2D eigenvalue weighted by molar-refractivity contribution is 6.00. The average Bonchev–Trinajstić information content (AvgIpc) is 2.64. The van der Waals surface area contributed by atoms with Crippen LogP contribution in [0.15, 0.2) is 87.7 Å². The monoisotopic (exact) mass is 335 g/mol. The van der Waals surface area contributed by atoms with E-state index in [0.717, 1.165) is 11.1 Å². The molecule has 6 nitrogen and oxygen atoms in total. The van der Waals surface area contributed by atoms with Gasteiger partial charge in [0, 0.05) is 17.8 Å². The highest BCUT2D eigenvalue weighted by Gasteiger charge is 2.07. The second-order valence-corrected chi connectivity index (χ2v) is 5.40. The van der Waals surface area contributed by atoms with Crippen LogP contribution in [0.4, 0.5) is 0 Å². The number of nitrogens with one attached hydrogen (secondary N) is 1. The molecular weight excluding hydrogens is 318 g/mol. The van der Waals surface area contributed by atoms with Crippen molar-refractivity contribution in [2.24, 2.45) is 5.16 Å². The number of rotatable bonds is 6. The van der Waals surface area contributed by atoms with Gasteiger partial charge in [0.15, 0.2) is 0 Å². The number of H-pyrrole nitrogens is 1. The van der Waals surface area contributed by atoms with Crippen molar-refractivity contribution >= 4 is 5.71 Å². The molecule has 0 aliphatic rings. The second-order valence-electron chi connectivity index (χ2n) is 5.40. The first-order valence-electron chi connectivity index (χ1n) is 7.80. The van der Waals surface area contributed by atoms with Crippen molar-refractivity contribution < 1.29 is 4.84 Å². The standard InChI is InChI=1S/C19H17N3O3/c23-18-11-12-22(19(24)20-18)13-17(16-9-5-2-6-10-16)21-25-14-15-7-3-1-4-8-15/h1-12H,13-14H2,(H,20,23,24)/b21-17-. The van der Waals surface area contributed by atoms with Gasteiger partial charge >= 0.3 is 5.69 Å². The Hall–Kier alpha value is -3.41. The molecule has 0 unspecified atom stereocenters. The van der Waals surface area contributed by atoms with Crippen molar-refractivity contribution in [3.63, 3.8) is 0 Å². The van der Waals surface area contributed by atoms with Crippen LogP contribution in [0.25, 0.3) is 0 Å². The van der Waals surface area contributed by atoms with Crippen molar-refractivity contribution in [1.29, 1.82) is 0 Å². The van der Waals surface area contributed by atoms with Gasteiger partial charge in [-0.15, -0.1) is 0 Å². The van der Waals surface area contributed by atoms with Crippen LogP contribution in [0.3, 0.4) is 0 Å². The molecule has 0 bridgehead atoms. The Morgan fingerprint density at radius 3 is 2.32 bits per heavy atom. The molecule has 25 heavy (non-hydrogen) atoms. The molecule has 126 valence electrons. The van der Waals surface area contributed by atoms with E-state index in [0.29, 0.717) is 12.3 Å². The molecule has 0 spiro atoms. The highest BCUT2D eigenvalue weighted by Crippen LogP contribution is 2.06. The topological polar surface area (TPSA) is 76.5 Å². The van der Waals surface area contributed by atoms with Gasteiger partial charge in [-0.1, -0.05) is 65.8 Å². The van der Waals surface area contributed by atoms with Gasteiger partial charge in [-0.05, 0) is 5.56 Å². The molecule has 1 heterocycles. The van der Waals surface area contributed by atoms with Crippen LogP contribution in [-0.4, -0.2) is 15.3 Å². The molecule has 6 heteroatoms. The number of hydrogen-bond donors (Lipinski definition) is 1. The number of aromatic amines is 1. The van der Waals surface area contributed by atoms with E-state index in [1.54, 1.807) is 0 Å². The zero-order valence-corrected chi connectivity index (χ0v) is 13.5. The molecule has 0 aliphatic heterocycles. The summed E-state index contributed by atoms with van der Waals surface area (Å²) in [6.07, 6.45) is 1.44. The van der Waals surface area contributed by atoms with Gasteiger partial charge in [0.05, 0.1) is 6.54 Å². The fourth-order valence-corrected chi connectivity index (χ4v) is 2.29. The molecule has 3 rings (SSSR count). The Balaban J connectivity index is 1.83. The molecule has 1 N–H and O–H groups in total. The van der Waals surface area contributed by atoms with Crippen molar-refractivity contribution in [2.75, 3.05) is 0 Å². The van der Waals surface area contributed by atoms with Crippen LogP contribution < -0.4 is 11.2 Å². The average molecular weight is 335 g/mol. The van der Waals surface area contributed by atoms with Gasteiger partial charge in [0.25, 0.3) is 5.56 Å². The third-order valence-corrected chi connectivity index (χ3v) is 3.57. The van der Waals surface area contributed by atoms with E-state index in [2.05, 4.69) is 10.1 Å². The van der Waals surface area contributed by atoms with Crippen LogP contribution in [0.5, 0.6) is 0 Å². The Kier molecular flexibility index (Phi) is 5.21. The number of hydrogen-bond acceptors (Lipinski definition) is 4. The normalized spacial score (nSPS) is 11.3. The van der Waals surface area contributed by atoms with E-state index in [9.17, 15) is 9.59 Å². The lowest BCUT2D eigenvalue weighted by molar-refractivity contribution is 0.130. The van der Waals surface area contributed by atoms with E-state index < -0.39 is 11.2 Å². The Labute approximate surface area is 144 Å². The second kappa shape index (κ2) is 7.92. The highest BCUT2D eigenvalue weighted by atomic mass is 16.6. The lowest BCUT2D eigenvalue weighted by atomic mass is 10.1. The summed E-state index contributed by atoms with van der Waals surface area (Å²) in [7, 11) is 0. The van der Waals surface area contributed by atoms with E-state index >= 15 is 0 Å². The molecule has 0 aliphatic carbocycles. The molecule has 1 aromatic heterocycles. The van der Waals surface area contributed by atoms with Crippen LogP contribution >= 0.6 is 0 Å². The SMILES string of the molecule is O=c1ccn(C/C(=N/OCc2ccccc2)c2ccccc2)c(=O)[nH]1. The number of oxime groups is 1. The van der Waals surface area contributed by atoms with Crippen LogP contribution in [0, 0.1) is 0 Å². The van der Waals surface area contributed by atoms with E-state index in [4.69, 9.17) is 4.84 Å². The predicted octanol–water partition coefficient (Wildman–Crippen LogP) is 2.16. The summed E-state index contributed by atoms with van der Waals surface area (Å²) >= 11 is 0. The summed E-state index contributed by atoms with van der Waals surface area (Å²) in [6.45, 7) is 0.520. The first-order chi connectivity index (χ1) is 12.2. The van der Waals surface area contributed by atoms with Crippen molar-refractivity contribution in [2.45, 2.75) is 13.2 Å². The van der Waals surface area contributed by atoms with Crippen molar-refractivity contribution in [1.82, 2.24) is 9.55 Å². The van der Waals surface area contributed by atoms with Crippen molar-refractivity contribution in [3.05, 3.63) is 105 Å². The maximum atomic E-state index is 11.9. The zero-order valence-electron chi connectivity index (χ0n) is 13.5. The molecular formula is C19H17N3O3. The molecule has 0 saturated heterocycles. The summed E-state index contributed by atoms with van der Waals surface area (Å²) in [4.78, 5) is 30.8. The fourth-order valence-electron chi connectivity index (χ4n) is 2.29.